The molecule has 1 heterocycles. The second-order valence-corrected chi connectivity index (χ2v) is 5.41. The predicted octanol–water partition coefficient (Wildman–Crippen LogP) is 4.76. The maximum Gasteiger partial charge on any atom is 0.146 e. The number of hydrogen-bond donors (Lipinski definition) is 1. The third-order valence-electron chi connectivity index (χ3n) is 2.94. The van der Waals surface area contributed by atoms with Gasteiger partial charge in [-0.1, -0.05) is 29.3 Å². The van der Waals surface area contributed by atoms with Gasteiger partial charge in [0.25, 0.3) is 0 Å². The number of nitrogens with zero attached hydrogens (tertiary/aromatic N) is 1. The zero-order valence-corrected chi connectivity index (χ0v) is 12.3. The van der Waals surface area contributed by atoms with Crippen molar-refractivity contribution in [3.63, 3.8) is 0 Å². The summed E-state index contributed by atoms with van der Waals surface area (Å²) >= 11 is 11.9. The number of aromatic amines is 1. The largest absolute Gasteiger partial charge is 0.484 e. The fraction of sp³-hybridized carbons (Fsp3) is 0.133. The van der Waals surface area contributed by atoms with Crippen molar-refractivity contribution in [2.75, 3.05) is 0 Å². The van der Waals surface area contributed by atoms with Gasteiger partial charge in [0.2, 0.25) is 0 Å². The molecule has 0 atom stereocenters. The topological polar surface area (TPSA) is 37.9 Å². The Kier molecular flexibility index (Phi) is 3.55. The molecule has 3 rings (SSSR count). The quantitative estimate of drug-likeness (QED) is 0.757. The Morgan fingerprint density at radius 2 is 2.00 bits per heavy atom. The number of fused-ring (bicyclic) bond motifs is 1. The SMILES string of the molecule is Cc1ccc2nc(COc3ccc(Cl)cc3Cl)[nH]c2c1. The Labute approximate surface area is 126 Å². The molecule has 0 bridgehead atoms. The van der Waals surface area contributed by atoms with E-state index in [9.17, 15) is 0 Å². The molecule has 0 saturated heterocycles. The fourth-order valence-corrected chi connectivity index (χ4v) is 2.45. The van der Waals surface area contributed by atoms with E-state index in [-0.39, 0.29) is 0 Å². The molecule has 0 aliphatic carbocycles. The molecule has 0 radical (unpaired) electrons. The number of imidazole rings is 1. The van der Waals surface area contributed by atoms with E-state index in [1.165, 1.54) is 5.56 Å². The number of ether oxygens (including phenoxy) is 1. The first kappa shape index (κ1) is 13.3. The van der Waals surface area contributed by atoms with Gasteiger partial charge >= 0.3 is 0 Å². The molecule has 5 heteroatoms. The lowest BCUT2D eigenvalue weighted by Gasteiger charge is -2.06. The van der Waals surface area contributed by atoms with Crippen LogP contribution in [-0.4, -0.2) is 9.97 Å². The third kappa shape index (κ3) is 2.74. The van der Waals surface area contributed by atoms with Gasteiger partial charge in [0, 0.05) is 5.02 Å². The van der Waals surface area contributed by atoms with Crippen LogP contribution in [0.2, 0.25) is 10.0 Å². The minimum atomic E-state index is 0.328. The zero-order valence-electron chi connectivity index (χ0n) is 10.8. The van der Waals surface area contributed by atoms with E-state index < -0.39 is 0 Å². The van der Waals surface area contributed by atoms with Crippen LogP contribution in [0.25, 0.3) is 11.0 Å². The summed E-state index contributed by atoms with van der Waals surface area (Å²) in [5.41, 5.74) is 3.12. The molecule has 2 aromatic carbocycles. The van der Waals surface area contributed by atoms with E-state index in [4.69, 9.17) is 27.9 Å². The van der Waals surface area contributed by atoms with Crippen LogP contribution in [0, 0.1) is 6.92 Å². The van der Waals surface area contributed by atoms with E-state index in [1.807, 2.05) is 19.1 Å². The number of aryl methyl sites for hydroxylation is 1. The highest BCUT2D eigenvalue weighted by atomic mass is 35.5. The average Bonchev–Trinajstić information content (AvgIpc) is 2.79. The first-order valence-electron chi connectivity index (χ1n) is 6.15. The van der Waals surface area contributed by atoms with Crippen molar-refractivity contribution in [1.82, 2.24) is 9.97 Å². The van der Waals surface area contributed by atoms with Crippen molar-refractivity contribution in [2.24, 2.45) is 0 Å². The van der Waals surface area contributed by atoms with E-state index in [1.54, 1.807) is 18.2 Å². The number of aromatic nitrogens is 2. The van der Waals surface area contributed by atoms with E-state index in [2.05, 4.69) is 16.0 Å². The number of benzene rings is 2. The molecule has 0 unspecified atom stereocenters. The smallest absolute Gasteiger partial charge is 0.146 e. The molecule has 0 saturated carbocycles. The van der Waals surface area contributed by atoms with Gasteiger partial charge < -0.3 is 9.72 Å². The summed E-state index contributed by atoms with van der Waals surface area (Å²) in [6.45, 7) is 2.37. The molecule has 0 aliphatic heterocycles. The standard InChI is InChI=1S/C15H12Cl2N2O/c1-9-2-4-12-13(6-9)19-15(18-12)8-20-14-5-3-10(16)7-11(14)17/h2-7H,8H2,1H3,(H,18,19). The van der Waals surface area contributed by atoms with Gasteiger partial charge in [-0.25, -0.2) is 4.98 Å². The predicted molar refractivity (Wildman–Crippen MR) is 81.6 cm³/mol. The number of H-pyrrole nitrogens is 1. The fourth-order valence-electron chi connectivity index (χ4n) is 1.98. The third-order valence-corrected chi connectivity index (χ3v) is 3.48. The van der Waals surface area contributed by atoms with Crippen LogP contribution in [-0.2, 0) is 6.61 Å². The average molecular weight is 307 g/mol. The lowest BCUT2D eigenvalue weighted by Crippen LogP contribution is -1.97. The summed E-state index contributed by atoms with van der Waals surface area (Å²) in [4.78, 5) is 7.70. The van der Waals surface area contributed by atoms with Crippen LogP contribution >= 0.6 is 23.2 Å². The molecular formula is C15H12Cl2N2O. The van der Waals surface area contributed by atoms with Gasteiger partial charge in [-0.2, -0.15) is 0 Å². The monoisotopic (exact) mass is 306 g/mol. The second-order valence-electron chi connectivity index (χ2n) is 4.57. The Bertz CT molecular complexity index is 768. The summed E-state index contributed by atoms with van der Waals surface area (Å²) in [7, 11) is 0. The first-order chi connectivity index (χ1) is 9.61. The molecule has 3 nitrogen and oxygen atoms in total. The van der Waals surface area contributed by atoms with E-state index >= 15 is 0 Å². The van der Waals surface area contributed by atoms with Crippen molar-refractivity contribution < 1.29 is 4.74 Å². The van der Waals surface area contributed by atoms with E-state index in [0.29, 0.717) is 22.4 Å². The van der Waals surface area contributed by atoms with Gasteiger partial charge in [-0.15, -0.1) is 0 Å². The van der Waals surface area contributed by atoms with Crippen molar-refractivity contribution in [1.29, 1.82) is 0 Å². The van der Waals surface area contributed by atoms with Crippen molar-refractivity contribution in [3.05, 3.63) is 57.8 Å². The highest BCUT2D eigenvalue weighted by Gasteiger charge is 2.06. The van der Waals surface area contributed by atoms with Crippen LogP contribution in [0.1, 0.15) is 11.4 Å². The van der Waals surface area contributed by atoms with Crippen LogP contribution in [0.3, 0.4) is 0 Å². The molecule has 0 amide bonds. The summed E-state index contributed by atoms with van der Waals surface area (Å²) in [5, 5.41) is 1.08. The Hall–Kier alpha value is -1.71. The van der Waals surface area contributed by atoms with Gasteiger partial charge in [-0.05, 0) is 42.8 Å². The molecule has 20 heavy (non-hydrogen) atoms. The van der Waals surface area contributed by atoms with Crippen molar-refractivity contribution >= 4 is 34.2 Å². The van der Waals surface area contributed by atoms with E-state index in [0.717, 1.165) is 16.9 Å². The molecule has 1 N–H and O–H groups in total. The zero-order chi connectivity index (χ0) is 14.1. The normalized spacial score (nSPS) is 10.9. The molecule has 0 fully saturated rings. The Balaban J connectivity index is 1.79. The molecule has 102 valence electrons. The van der Waals surface area contributed by atoms with Gasteiger partial charge in [0.1, 0.15) is 18.2 Å². The molecule has 0 spiro atoms. The van der Waals surface area contributed by atoms with Gasteiger partial charge in [0.05, 0.1) is 16.1 Å². The Morgan fingerprint density at radius 1 is 1.15 bits per heavy atom. The van der Waals surface area contributed by atoms with Crippen molar-refractivity contribution in [2.45, 2.75) is 13.5 Å². The summed E-state index contributed by atoms with van der Waals surface area (Å²) in [5.74, 6) is 1.35. The van der Waals surface area contributed by atoms with Crippen LogP contribution in [0.4, 0.5) is 0 Å². The Morgan fingerprint density at radius 3 is 2.80 bits per heavy atom. The lowest BCUT2D eigenvalue weighted by atomic mass is 10.2. The molecule has 3 aromatic rings. The van der Waals surface area contributed by atoms with Crippen LogP contribution in [0.5, 0.6) is 5.75 Å². The maximum absolute atomic E-state index is 6.06. The number of halogens is 2. The maximum atomic E-state index is 6.06. The minimum absolute atomic E-state index is 0.328. The summed E-state index contributed by atoms with van der Waals surface area (Å²) in [6.07, 6.45) is 0. The molecule has 1 aromatic heterocycles. The van der Waals surface area contributed by atoms with Crippen LogP contribution < -0.4 is 4.74 Å². The highest BCUT2D eigenvalue weighted by Crippen LogP contribution is 2.28. The first-order valence-corrected chi connectivity index (χ1v) is 6.90. The molecular weight excluding hydrogens is 295 g/mol. The second kappa shape index (κ2) is 5.35. The summed E-state index contributed by atoms with van der Waals surface area (Å²) < 4.78 is 5.65. The highest BCUT2D eigenvalue weighted by molar-refractivity contribution is 6.35. The van der Waals surface area contributed by atoms with Crippen molar-refractivity contribution in [3.8, 4) is 5.75 Å². The lowest BCUT2D eigenvalue weighted by molar-refractivity contribution is 0.298. The van der Waals surface area contributed by atoms with Crippen LogP contribution in [0.15, 0.2) is 36.4 Å². The number of rotatable bonds is 3. The molecule has 0 aliphatic rings. The van der Waals surface area contributed by atoms with Gasteiger partial charge in [0.15, 0.2) is 0 Å². The van der Waals surface area contributed by atoms with Gasteiger partial charge in [-0.3, -0.25) is 0 Å². The minimum Gasteiger partial charge on any atom is -0.484 e. The summed E-state index contributed by atoms with van der Waals surface area (Å²) in [6, 6.07) is 11.2. The number of hydrogen-bond acceptors (Lipinski definition) is 2. The number of nitrogens with one attached hydrogen (secondary N) is 1.